The van der Waals surface area contributed by atoms with Crippen molar-refractivity contribution in [2.75, 3.05) is 31.9 Å². The summed E-state index contributed by atoms with van der Waals surface area (Å²) in [6, 6.07) is 5.64. The second-order valence-corrected chi connectivity index (χ2v) is 11.3. The third kappa shape index (κ3) is 3.32. The van der Waals surface area contributed by atoms with Crippen LogP contribution in [0.3, 0.4) is 0 Å². The standard InChI is InChI=1S/C18H22ClN3O4S2/c1-18-7-6-16(23)22(18)15(12-27-18)17(24)20-8-10-21(11-9-20)28(25,26)14-4-2-13(19)3-5-14/h2-5,15H,6-12H2,1H3. The van der Waals surface area contributed by atoms with Crippen molar-refractivity contribution < 1.29 is 18.0 Å². The lowest BCUT2D eigenvalue weighted by Gasteiger charge is -2.37. The molecule has 3 saturated heterocycles. The van der Waals surface area contributed by atoms with Crippen LogP contribution >= 0.6 is 23.4 Å². The zero-order valence-electron chi connectivity index (χ0n) is 15.5. The van der Waals surface area contributed by atoms with Crippen molar-refractivity contribution in [1.82, 2.24) is 14.1 Å². The van der Waals surface area contributed by atoms with Crippen LogP contribution in [0.2, 0.25) is 5.02 Å². The van der Waals surface area contributed by atoms with Crippen LogP contribution in [0.25, 0.3) is 0 Å². The van der Waals surface area contributed by atoms with Crippen LogP contribution in [0.5, 0.6) is 0 Å². The number of piperazine rings is 1. The highest BCUT2D eigenvalue weighted by atomic mass is 35.5. The van der Waals surface area contributed by atoms with Gasteiger partial charge in [0.1, 0.15) is 6.04 Å². The number of hydrogen-bond acceptors (Lipinski definition) is 5. The number of rotatable bonds is 3. The number of sulfonamides is 1. The molecule has 0 N–H and O–H groups in total. The fourth-order valence-corrected chi connectivity index (χ4v) is 7.09. The van der Waals surface area contributed by atoms with Crippen molar-refractivity contribution in [2.45, 2.75) is 35.6 Å². The molecular weight excluding hydrogens is 422 g/mol. The maximum atomic E-state index is 13.0. The largest absolute Gasteiger partial charge is 0.338 e. The monoisotopic (exact) mass is 443 g/mol. The summed E-state index contributed by atoms with van der Waals surface area (Å²) >= 11 is 7.50. The molecule has 3 aliphatic rings. The Morgan fingerprint density at radius 1 is 1.18 bits per heavy atom. The first-order valence-corrected chi connectivity index (χ1v) is 12.0. The predicted molar refractivity (Wildman–Crippen MR) is 108 cm³/mol. The summed E-state index contributed by atoms with van der Waals surface area (Å²) in [6.07, 6.45) is 1.26. The van der Waals surface area contributed by atoms with Crippen LogP contribution in [-0.4, -0.2) is 77.2 Å². The molecule has 0 spiro atoms. The summed E-state index contributed by atoms with van der Waals surface area (Å²) < 4.78 is 27.0. The summed E-state index contributed by atoms with van der Waals surface area (Å²) in [5, 5.41) is 0.479. The summed E-state index contributed by atoms with van der Waals surface area (Å²) in [4.78, 5) is 28.7. The fourth-order valence-electron chi connectivity index (χ4n) is 4.12. The summed E-state index contributed by atoms with van der Waals surface area (Å²) in [7, 11) is -3.61. The molecule has 0 aromatic heterocycles. The van der Waals surface area contributed by atoms with Gasteiger partial charge in [0.2, 0.25) is 21.8 Å². The van der Waals surface area contributed by atoms with E-state index in [1.807, 2.05) is 6.92 Å². The van der Waals surface area contributed by atoms with Gasteiger partial charge in [0.05, 0.1) is 9.77 Å². The van der Waals surface area contributed by atoms with Gasteiger partial charge < -0.3 is 9.80 Å². The topological polar surface area (TPSA) is 78.0 Å². The second-order valence-electron chi connectivity index (χ2n) is 7.45. The Hall–Kier alpha value is -1.29. The molecule has 0 bridgehead atoms. The van der Waals surface area contributed by atoms with Gasteiger partial charge >= 0.3 is 0 Å². The van der Waals surface area contributed by atoms with E-state index in [1.54, 1.807) is 33.7 Å². The van der Waals surface area contributed by atoms with Gasteiger partial charge in [-0.25, -0.2) is 8.42 Å². The fraction of sp³-hybridized carbons (Fsp3) is 0.556. The first-order chi connectivity index (χ1) is 13.2. The Labute approximate surface area is 174 Å². The van der Waals surface area contributed by atoms with Gasteiger partial charge in [-0.05, 0) is 37.6 Å². The molecule has 0 aliphatic carbocycles. The van der Waals surface area contributed by atoms with Gasteiger partial charge in [-0.3, -0.25) is 9.59 Å². The summed E-state index contributed by atoms with van der Waals surface area (Å²) in [6.45, 7) is 3.15. The Balaban J connectivity index is 1.42. The van der Waals surface area contributed by atoms with E-state index in [0.717, 1.165) is 6.42 Å². The SMILES string of the molecule is CC12CCC(=O)N1C(C(=O)N1CCN(S(=O)(=O)c3ccc(Cl)cc3)CC1)CS2. The molecule has 2 amide bonds. The van der Waals surface area contributed by atoms with Crippen LogP contribution < -0.4 is 0 Å². The first-order valence-electron chi connectivity index (χ1n) is 9.23. The zero-order chi connectivity index (χ0) is 20.1. The van der Waals surface area contributed by atoms with Gasteiger partial charge in [-0.2, -0.15) is 4.31 Å². The van der Waals surface area contributed by atoms with Crippen molar-refractivity contribution in [3.8, 4) is 0 Å². The average Bonchev–Trinajstić information content (AvgIpc) is 3.17. The Morgan fingerprint density at radius 3 is 2.46 bits per heavy atom. The number of halogens is 1. The van der Waals surface area contributed by atoms with E-state index in [2.05, 4.69) is 0 Å². The van der Waals surface area contributed by atoms with E-state index in [-0.39, 0.29) is 34.7 Å². The number of thioether (sulfide) groups is 1. The van der Waals surface area contributed by atoms with E-state index in [4.69, 9.17) is 11.6 Å². The van der Waals surface area contributed by atoms with Crippen LogP contribution in [0, 0.1) is 0 Å². The number of carbonyl (C=O) groups excluding carboxylic acids is 2. The molecular formula is C18H22ClN3O4S2. The number of nitrogens with zero attached hydrogens (tertiary/aromatic N) is 3. The van der Waals surface area contributed by atoms with Crippen LogP contribution in [0.4, 0.5) is 0 Å². The van der Waals surface area contributed by atoms with Crippen LogP contribution in [0.1, 0.15) is 19.8 Å². The first kappa shape index (κ1) is 20.0. The van der Waals surface area contributed by atoms with Crippen molar-refractivity contribution in [3.05, 3.63) is 29.3 Å². The molecule has 2 unspecified atom stereocenters. The van der Waals surface area contributed by atoms with Crippen molar-refractivity contribution in [3.63, 3.8) is 0 Å². The minimum absolute atomic E-state index is 0.0369. The average molecular weight is 444 g/mol. The number of fused-ring (bicyclic) bond motifs is 1. The maximum Gasteiger partial charge on any atom is 0.246 e. The number of carbonyl (C=O) groups is 2. The number of benzene rings is 1. The second kappa shape index (κ2) is 7.19. The lowest BCUT2D eigenvalue weighted by Crippen LogP contribution is -2.56. The van der Waals surface area contributed by atoms with Gasteiger partial charge in [0, 0.05) is 43.4 Å². The Bertz CT molecular complexity index is 900. The summed E-state index contributed by atoms with van der Waals surface area (Å²) in [5.74, 6) is 0.564. The third-order valence-electron chi connectivity index (χ3n) is 5.73. The molecule has 0 saturated carbocycles. The molecule has 4 rings (SSSR count). The molecule has 2 atom stereocenters. The van der Waals surface area contributed by atoms with E-state index in [9.17, 15) is 18.0 Å². The highest BCUT2D eigenvalue weighted by Crippen LogP contribution is 2.47. The van der Waals surface area contributed by atoms with Gasteiger partial charge in [-0.1, -0.05) is 11.6 Å². The molecule has 3 heterocycles. The molecule has 1 aromatic carbocycles. The van der Waals surface area contributed by atoms with E-state index in [1.165, 1.54) is 16.4 Å². The van der Waals surface area contributed by atoms with Gasteiger partial charge in [-0.15, -0.1) is 11.8 Å². The van der Waals surface area contributed by atoms with Gasteiger partial charge in [0.25, 0.3) is 0 Å². The van der Waals surface area contributed by atoms with E-state index < -0.39 is 16.1 Å². The van der Waals surface area contributed by atoms with Crippen LogP contribution in [-0.2, 0) is 19.6 Å². The normalized spacial score (nSPS) is 28.6. The van der Waals surface area contributed by atoms with Gasteiger partial charge in [0.15, 0.2) is 0 Å². The Morgan fingerprint density at radius 2 is 1.82 bits per heavy atom. The minimum Gasteiger partial charge on any atom is -0.338 e. The van der Waals surface area contributed by atoms with Crippen molar-refractivity contribution in [2.24, 2.45) is 0 Å². The lowest BCUT2D eigenvalue weighted by molar-refractivity contribution is -0.144. The molecule has 10 heteroatoms. The molecule has 7 nitrogen and oxygen atoms in total. The highest BCUT2D eigenvalue weighted by molar-refractivity contribution is 8.01. The smallest absolute Gasteiger partial charge is 0.246 e. The number of hydrogen-bond donors (Lipinski definition) is 0. The van der Waals surface area contributed by atoms with E-state index >= 15 is 0 Å². The maximum absolute atomic E-state index is 13.0. The molecule has 0 radical (unpaired) electrons. The van der Waals surface area contributed by atoms with E-state index in [0.29, 0.717) is 30.3 Å². The van der Waals surface area contributed by atoms with Crippen LogP contribution in [0.15, 0.2) is 29.2 Å². The molecule has 28 heavy (non-hydrogen) atoms. The Kier molecular flexibility index (Phi) is 5.14. The molecule has 152 valence electrons. The minimum atomic E-state index is -3.61. The molecule has 3 aliphatic heterocycles. The number of amides is 2. The van der Waals surface area contributed by atoms with Crippen molar-refractivity contribution >= 4 is 45.2 Å². The quantitative estimate of drug-likeness (QED) is 0.709. The zero-order valence-corrected chi connectivity index (χ0v) is 17.9. The highest BCUT2D eigenvalue weighted by Gasteiger charge is 2.53. The summed E-state index contributed by atoms with van der Waals surface area (Å²) in [5.41, 5.74) is 0. The third-order valence-corrected chi connectivity index (χ3v) is 9.40. The lowest BCUT2D eigenvalue weighted by atomic mass is 10.2. The predicted octanol–water partition coefficient (Wildman–Crippen LogP) is 1.63. The van der Waals surface area contributed by atoms with Crippen molar-refractivity contribution in [1.29, 1.82) is 0 Å². The molecule has 1 aromatic rings. The molecule has 3 fully saturated rings.